The van der Waals surface area contributed by atoms with Crippen molar-refractivity contribution in [3.63, 3.8) is 0 Å². The van der Waals surface area contributed by atoms with Crippen LogP contribution in [0.15, 0.2) is 24.3 Å². The predicted octanol–water partition coefficient (Wildman–Crippen LogP) is 5.47. The Kier molecular flexibility index (Phi) is 11.3. The van der Waals surface area contributed by atoms with Gasteiger partial charge >= 0.3 is 0 Å². The van der Waals surface area contributed by atoms with Gasteiger partial charge in [0.25, 0.3) is 0 Å². The molecule has 0 aliphatic rings. The molecule has 0 heterocycles. The lowest BCUT2D eigenvalue weighted by molar-refractivity contribution is 0.112. The van der Waals surface area contributed by atoms with Crippen LogP contribution in [0.1, 0.15) is 83.3 Å². The SMILES string of the molecule is CC(C)(C)c1ccc(C#CCCCCCCCCOCCCO)cc1. The summed E-state index contributed by atoms with van der Waals surface area (Å²) >= 11 is 0. The molecule has 0 fully saturated rings. The smallest absolute Gasteiger partial charge is 0.0487 e. The first-order valence-corrected chi connectivity index (χ1v) is 9.82. The maximum absolute atomic E-state index is 8.64. The van der Waals surface area contributed by atoms with Gasteiger partial charge in [-0.3, -0.25) is 0 Å². The number of hydrogen-bond donors (Lipinski definition) is 1. The highest BCUT2D eigenvalue weighted by Gasteiger charge is 2.12. The molecule has 1 N–H and O–H groups in total. The average molecular weight is 345 g/mol. The summed E-state index contributed by atoms with van der Waals surface area (Å²) in [4.78, 5) is 0. The molecular weight excluding hydrogens is 308 g/mol. The Morgan fingerprint density at radius 1 is 0.840 bits per heavy atom. The van der Waals surface area contributed by atoms with Crippen molar-refractivity contribution >= 4 is 0 Å². The van der Waals surface area contributed by atoms with E-state index in [1.54, 1.807) is 0 Å². The molecule has 0 bridgehead atoms. The Balaban J connectivity index is 2.02. The average Bonchev–Trinajstić information content (AvgIpc) is 2.58. The molecule has 0 unspecified atom stereocenters. The topological polar surface area (TPSA) is 29.5 Å². The number of aliphatic hydroxyl groups is 1. The summed E-state index contributed by atoms with van der Waals surface area (Å²) in [6.45, 7) is 8.45. The van der Waals surface area contributed by atoms with Gasteiger partial charge in [-0.1, -0.05) is 70.4 Å². The van der Waals surface area contributed by atoms with Crippen molar-refractivity contribution in [2.75, 3.05) is 19.8 Å². The van der Waals surface area contributed by atoms with E-state index in [1.807, 2.05) is 0 Å². The molecule has 2 nitrogen and oxygen atoms in total. The Hall–Kier alpha value is -1.30. The van der Waals surface area contributed by atoms with Crippen LogP contribution in [0, 0.1) is 11.8 Å². The van der Waals surface area contributed by atoms with Gasteiger partial charge in [-0.15, -0.1) is 0 Å². The molecule has 1 rings (SSSR count). The van der Waals surface area contributed by atoms with Crippen LogP contribution in [0.4, 0.5) is 0 Å². The second kappa shape index (κ2) is 13.0. The van der Waals surface area contributed by atoms with Gasteiger partial charge in [0.1, 0.15) is 0 Å². The summed E-state index contributed by atoms with van der Waals surface area (Å²) in [7, 11) is 0. The van der Waals surface area contributed by atoms with Crippen LogP contribution >= 0.6 is 0 Å². The lowest BCUT2D eigenvalue weighted by Crippen LogP contribution is -2.10. The van der Waals surface area contributed by atoms with Crippen molar-refractivity contribution in [3.05, 3.63) is 35.4 Å². The lowest BCUT2D eigenvalue weighted by Gasteiger charge is -2.18. The summed E-state index contributed by atoms with van der Waals surface area (Å²) in [5.41, 5.74) is 2.68. The van der Waals surface area contributed by atoms with E-state index in [0.29, 0.717) is 6.61 Å². The van der Waals surface area contributed by atoms with E-state index in [1.165, 1.54) is 37.7 Å². The summed E-state index contributed by atoms with van der Waals surface area (Å²) in [6.07, 6.45) is 9.15. The van der Waals surface area contributed by atoms with Gasteiger partial charge in [-0.2, -0.15) is 0 Å². The van der Waals surface area contributed by atoms with Crippen LogP contribution in [0.25, 0.3) is 0 Å². The van der Waals surface area contributed by atoms with Crippen LogP contribution in [0.2, 0.25) is 0 Å². The van der Waals surface area contributed by atoms with E-state index in [2.05, 4.69) is 56.9 Å². The van der Waals surface area contributed by atoms with E-state index in [4.69, 9.17) is 9.84 Å². The van der Waals surface area contributed by atoms with E-state index in [0.717, 1.165) is 31.4 Å². The molecule has 25 heavy (non-hydrogen) atoms. The minimum Gasteiger partial charge on any atom is -0.396 e. The summed E-state index contributed by atoms with van der Waals surface area (Å²) in [5.74, 6) is 6.57. The number of rotatable bonds is 11. The fraction of sp³-hybridized carbons (Fsp3) is 0.652. The van der Waals surface area contributed by atoms with Gasteiger partial charge in [-0.25, -0.2) is 0 Å². The molecule has 2 heteroatoms. The second-order valence-corrected chi connectivity index (χ2v) is 7.69. The monoisotopic (exact) mass is 344 g/mol. The molecule has 0 saturated heterocycles. The van der Waals surface area contributed by atoms with Crippen molar-refractivity contribution in [3.8, 4) is 11.8 Å². The predicted molar refractivity (Wildman–Crippen MR) is 107 cm³/mol. The Bertz CT molecular complexity index is 500. The van der Waals surface area contributed by atoms with Gasteiger partial charge in [0, 0.05) is 31.8 Å². The largest absolute Gasteiger partial charge is 0.396 e. The van der Waals surface area contributed by atoms with Gasteiger partial charge < -0.3 is 9.84 Å². The Labute approximate surface area is 155 Å². The molecule has 0 aliphatic carbocycles. The first kappa shape index (κ1) is 21.7. The quantitative estimate of drug-likeness (QED) is 0.426. The van der Waals surface area contributed by atoms with Crippen LogP contribution < -0.4 is 0 Å². The van der Waals surface area contributed by atoms with Gasteiger partial charge in [0.2, 0.25) is 0 Å². The minimum absolute atomic E-state index is 0.206. The zero-order valence-electron chi connectivity index (χ0n) is 16.4. The molecule has 140 valence electrons. The molecule has 0 saturated carbocycles. The number of unbranched alkanes of at least 4 members (excludes halogenated alkanes) is 6. The zero-order valence-corrected chi connectivity index (χ0v) is 16.4. The third kappa shape index (κ3) is 11.0. The lowest BCUT2D eigenvalue weighted by atomic mass is 9.87. The van der Waals surface area contributed by atoms with Crippen LogP contribution in [0.3, 0.4) is 0 Å². The van der Waals surface area contributed by atoms with Crippen LogP contribution in [-0.2, 0) is 10.2 Å². The molecule has 0 radical (unpaired) electrons. The zero-order chi connectivity index (χ0) is 18.4. The number of hydrogen-bond acceptors (Lipinski definition) is 2. The van der Waals surface area contributed by atoms with Crippen molar-refractivity contribution in [1.29, 1.82) is 0 Å². The van der Waals surface area contributed by atoms with Crippen LogP contribution in [-0.4, -0.2) is 24.9 Å². The number of benzene rings is 1. The highest BCUT2D eigenvalue weighted by atomic mass is 16.5. The summed E-state index contributed by atoms with van der Waals surface area (Å²) < 4.78 is 5.42. The molecule has 0 spiro atoms. The third-order valence-corrected chi connectivity index (χ3v) is 4.27. The highest BCUT2D eigenvalue weighted by molar-refractivity contribution is 5.37. The number of ether oxygens (including phenoxy) is 1. The molecular formula is C23H36O2. The fourth-order valence-corrected chi connectivity index (χ4v) is 2.61. The van der Waals surface area contributed by atoms with Crippen molar-refractivity contribution < 1.29 is 9.84 Å². The molecule has 0 aromatic heterocycles. The Morgan fingerprint density at radius 2 is 1.44 bits per heavy atom. The van der Waals surface area contributed by atoms with Crippen molar-refractivity contribution in [2.45, 2.75) is 77.6 Å². The van der Waals surface area contributed by atoms with E-state index in [-0.39, 0.29) is 12.0 Å². The molecule has 0 atom stereocenters. The fourth-order valence-electron chi connectivity index (χ4n) is 2.61. The van der Waals surface area contributed by atoms with E-state index < -0.39 is 0 Å². The highest BCUT2D eigenvalue weighted by Crippen LogP contribution is 2.21. The third-order valence-electron chi connectivity index (χ3n) is 4.27. The normalized spacial score (nSPS) is 11.2. The maximum atomic E-state index is 8.64. The number of aliphatic hydroxyl groups excluding tert-OH is 1. The van der Waals surface area contributed by atoms with Crippen LogP contribution in [0.5, 0.6) is 0 Å². The molecule has 0 amide bonds. The first-order chi connectivity index (χ1) is 12.0. The van der Waals surface area contributed by atoms with Crippen molar-refractivity contribution in [2.24, 2.45) is 0 Å². The minimum atomic E-state index is 0.206. The van der Waals surface area contributed by atoms with Gasteiger partial charge in [0.05, 0.1) is 0 Å². The van der Waals surface area contributed by atoms with Gasteiger partial charge in [-0.05, 0) is 42.4 Å². The summed E-state index contributed by atoms with van der Waals surface area (Å²) in [5, 5.41) is 8.64. The Morgan fingerprint density at radius 3 is 2.08 bits per heavy atom. The molecule has 0 aliphatic heterocycles. The van der Waals surface area contributed by atoms with E-state index in [9.17, 15) is 0 Å². The van der Waals surface area contributed by atoms with E-state index >= 15 is 0 Å². The maximum Gasteiger partial charge on any atom is 0.0487 e. The molecule has 1 aromatic rings. The standard InChI is InChI=1S/C23H36O2/c1-23(2,3)22-16-14-21(15-17-22)13-10-8-6-4-5-7-9-11-19-25-20-12-18-24/h14-17,24H,4-9,11-12,18-20H2,1-3H3. The van der Waals surface area contributed by atoms with Crippen molar-refractivity contribution in [1.82, 2.24) is 0 Å². The first-order valence-electron chi connectivity index (χ1n) is 9.82. The van der Waals surface area contributed by atoms with Gasteiger partial charge in [0.15, 0.2) is 0 Å². The second-order valence-electron chi connectivity index (χ2n) is 7.69. The molecule has 1 aromatic carbocycles. The summed E-state index contributed by atoms with van der Waals surface area (Å²) in [6, 6.07) is 8.65.